The summed E-state index contributed by atoms with van der Waals surface area (Å²) in [6, 6.07) is 12.8. The molecule has 0 aliphatic heterocycles. The van der Waals surface area contributed by atoms with Gasteiger partial charge in [0.1, 0.15) is 12.3 Å². The molecule has 2 rings (SSSR count). The highest BCUT2D eigenvalue weighted by molar-refractivity contribution is 9.10. The van der Waals surface area contributed by atoms with Crippen molar-refractivity contribution in [1.82, 2.24) is 0 Å². The molecule has 21 heavy (non-hydrogen) atoms. The number of aromatic hydroxyl groups is 1. The van der Waals surface area contributed by atoms with Crippen LogP contribution in [0, 0.1) is 6.92 Å². The van der Waals surface area contributed by atoms with Crippen molar-refractivity contribution in [2.24, 2.45) is 0 Å². The normalized spacial score (nSPS) is 10.4. The van der Waals surface area contributed by atoms with Gasteiger partial charge >= 0.3 is 5.97 Å². The molecule has 4 nitrogen and oxygen atoms in total. The van der Waals surface area contributed by atoms with Gasteiger partial charge in [0.05, 0.1) is 0 Å². The van der Waals surface area contributed by atoms with Gasteiger partial charge in [0.25, 0.3) is 0 Å². The van der Waals surface area contributed by atoms with Crippen LogP contribution in [0.1, 0.15) is 11.1 Å². The topological polar surface area (TPSA) is 60.8 Å². The van der Waals surface area contributed by atoms with Crippen LogP contribution in [0.15, 0.2) is 46.9 Å². The minimum Gasteiger partial charge on any atom is -0.508 e. The maximum absolute atomic E-state index is 11.1. The average Bonchev–Trinajstić information content (AvgIpc) is 2.42. The number of halogens is 1. The first-order valence-electron chi connectivity index (χ1n) is 6.46. The summed E-state index contributed by atoms with van der Waals surface area (Å²) in [7, 11) is 0. The van der Waals surface area contributed by atoms with Gasteiger partial charge in [-0.05, 0) is 37.3 Å². The van der Waals surface area contributed by atoms with Crippen LogP contribution in [0.25, 0.3) is 0 Å². The predicted octanol–water partition coefficient (Wildman–Crippen LogP) is 3.55. The van der Waals surface area contributed by atoms with E-state index in [1.807, 2.05) is 31.2 Å². The third kappa shape index (κ3) is 4.23. The van der Waals surface area contributed by atoms with Crippen molar-refractivity contribution < 1.29 is 15.0 Å². The second-order valence-electron chi connectivity index (χ2n) is 4.86. The number of anilines is 1. The number of carbonyl (C=O) groups is 1. The predicted molar refractivity (Wildman–Crippen MR) is 85.7 cm³/mol. The van der Waals surface area contributed by atoms with E-state index in [1.165, 1.54) is 0 Å². The highest BCUT2D eigenvalue weighted by atomic mass is 79.9. The first-order chi connectivity index (χ1) is 9.95. The Morgan fingerprint density at radius 1 is 1.19 bits per heavy atom. The lowest BCUT2D eigenvalue weighted by atomic mass is 10.1. The molecule has 0 aliphatic carbocycles. The Balaban J connectivity index is 2.30. The number of benzene rings is 2. The summed E-state index contributed by atoms with van der Waals surface area (Å²) in [5.41, 5.74) is 2.59. The Kier molecular flexibility index (Phi) is 4.85. The number of aryl methyl sites for hydroxylation is 1. The third-order valence-corrected chi connectivity index (χ3v) is 3.62. The number of hydrogen-bond donors (Lipinski definition) is 2. The van der Waals surface area contributed by atoms with Crippen molar-refractivity contribution in [2.75, 3.05) is 11.4 Å². The summed E-state index contributed by atoms with van der Waals surface area (Å²) in [6.45, 7) is 2.17. The Hall–Kier alpha value is -2.01. The molecule has 5 heteroatoms. The van der Waals surface area contributed by atoms with E-state index >= 15 is 0 Å². The zero-order valence-electron chi connectivity index (χ0n) is 11.6. The molecule has 0 unspecified atom stereocenters. The SMILES string of the molecule is Cc1ccc(N(CC(=O)O)Cc2cc(Br)ccc2O)cc1. The summed E-state index contributed by atoms with van der Waals surface area (Å²) >= 11 is 3.36. The molecule has 2 aromatic carbocycles. The van der Waals surface area contributed by atoms with Gasteiger partial charge in [-0.15, -0.1) is 0 Å². The van der Waals surface area contributed by atoms with E-state index in [4.69, 9.17) is 5.11 Å². The van der Waals surface area contributed by atoms with Gasteiger partial charge < -0.3 is 15.1 Å². The number of hydrogen-bond acceptors (Lipinski definition) is 3. The molecule has 0 radical (unpaired) electrons. The fraction of sp³-hybridized carbons (Fsp3) is 0.188. The molecule has 0 spiro atoms. The maximum atomic E-state index is 11.1. The quantitative estimate of drug-likeness (QED) is 0.866. The molecule has 0 aromatic heterocycles. The van der Waals surface area contributed by atoms with Crippen LogP contribution < -0.4 is 4.90 Å². The molecule has 110 valence electrons. The Bertz CT molecular complexity index is 640. The van der Waals surface area contributed by atoms with Gasteiger partial charge in [-0.25, -0.2) is 0 Å². The van der Waals surface area contributed by atoms with Crippen LogP contribution in [0.2, 0.25) is 0 Å². The van der Waals surface area contributed by atoms with Gasteiger partial charge in [-0.1, -0.05) is 33.6 Å². The van der Waals surface area contributed by atoms with Crippen LogP contribution in [-0.2, 0) is 11.3 Å². The second kappa shape index (κ2) is 6.63. The zero-order valence-corrected chi connectivity index (χ0v) is 13.2. The summed E-state index contributed by atoms with van der Waals surface area (Å²) in [5, 5.41) is 19.0. The van der Waals surface area contributed by atoms with E-state index in [2.05, 4.69) is 15.9 Å². The van der Waals surface area contributed by atoms with Crippen LogP contribution in [0.4, 0.5) is 5.69 Å². The molecule has 0 heterocycles. The van der Waals surface area contributed by atoms with Gasteiger partial charge in [-0.3, -0.25) is 4.79 Å². The molecule has 2 aromatic rings. The monoisotopic (exact) mass is 349 g/mol. The standard InChI is InChI=1S/C16H16BrNO3/c1-11-2-5-14(6-3-11)18(10-16(20)21)9-12-8-13(17)4-7-15(12)19/h2-8,19H,9-10H2,1H3,(H,20,21). The summed E-state index contributed by atoms with van der Waals surface area (Å²) < 4.78 is 0.842. The molecule has 0 amide bonds. The second-order valence-corrected chi connectivity index (χ2v) is 5.77. The number of aliphatic carboxylic acids is 1. The van der Waals surface area contributed by atoms with Crippen molar-refractivity contribution in [3.63, 3.8) is 0 Å². The first kappa shape index (κ1) is 15.4. The Morgan fingerprint density at radius 2 is 1.86 bits per heavy atom. The number of nitrogens with zero attached hydrogens (tertiary/aromatic N) is 1. The molecule has 0 bridgehead atoms. The van der Waals surface area contributed by atoms with Gasteiger partial charge in [0, 0.05) is 22.3 Å². The fourth-order valence-corrected chi connectivity index (χ4v) is 2.45. The largest absolute Gasteiger partial charge is 0.508 e. The number of phenols is 1. The highest BCUT2D eigenvalue weighted by Gasteiger charge is 2.13. The van der Waals surface area contributed by atoms with E-state index in [-0.39, 0.29) is 12.3 Å². The van der Waals surface area contributed by atoms with Crippen molar-refractivity contribution in [3.8, 4) is 5.75 Å². The van der Waals surface area contributed by atoms with E-state index in [0.29, 0.717) is 12.1 Å². The average molecular weight is 350 g/mol. The van der Waals surface area contributed by atoms with Crippen LogP contribution in [0.3, 0.4) is 0 Å². The Morgan fingerprint density at radius 3 is 2.48 bits per heavy atom. The van der Waals surface area contributed by atoms with E-state index in [1.54, 1.807) is 23.1 Å². The van der Waals surface area contributed by atoms with Crippen molar-refractivity contribution in [2.45, 2.75) is 13.5 Å². The van der Waals surface area contributed by atoms with Gasteiger partial charge in [0.2, 0.25) is 0 Å². The minimum absolute atomic E-state index is 0.130. The fourth-order valence-electron chi connectivity index (χ4n) is 2.04. The van der Waals surface area contributed by atoms with Crippen LogP contribution in [-0.4, -0.2) is 22.7 Å². The third-order valence-electron chi connectivity index (χ3n) is 3.13. The van der Waals surface area contributed by atoms with E-state index < -0.39 is 5.97 Å². The number of carboxylic acids is 1. The zero-order chi connectivity index (χ0) is 15.4. The van der Waals surface area contributed by atoms with Crippen molar-refractivity contribution in [1.29, 1.82) is 0 Å². The number of carboxylic acid groups (broad SMARTS) is 1. The smallest absolute Gasteiger partial charge is 0.323 e. The molecule has 2 N–H and O–H groups in total. The molecule has 0 fully saturated rings. The molecule has 0 aliphatic rings. The Labute approximate surface area is 131 Å². The molecule has 0 atom stereocenters. The van der Waals surface area contributed by atoms with Gasteiger partial charge in [0.15, 0.2) is 0 Å². The summed E-state index contributed by atoms with van der Waals surface area (Å²) in [5.74, 6) is -0.759. The number of rotatable bonds is 5. The lowest BCUT2D eigenvalue weighted by molar-refractivity contribution is -0.135. The van der Waals surface area contributed by atoms with Crippen molar-refractivity contribution >= 4 is 27.6 Å². The maximum Gasteiger partial charge on any atom is 0.323 e. The summed E-state index contributed by atoms with van der Waals surface area (Å²) in [6.07, 6.45) is 0. The molecular formula is C16H16BrNO3. The minimum atomic E-state index is -0.912. The molecule has 0 saturated carbocycles. The lowest BCUT2D eigenvalue weighted by Crippen LogP contribution is -2.29. The molecular weight excluding hydrogens is 334 g/mol. The van der Waals surface area contributed by atoms with Crippen molar-refractivity contribution in [3.05, 3.63) is 58.1 Å². The summed E-state index contributed by atoms with van der Waals surface area (Å²) in [4.78, 5) is 12.8. The van der Waals surface area contributed by atoms with E-state index in [0.717, 1.165) is 15.7 Å². The van der Waals surface area contributed by atoms with E-state index in [9.17, 15) is 9.90 Å². The molecule has 0 saturated heterocycles. The van der Waals surface area contributed by atoms with Gasteiger partial charge in [-0.2, -0.15) is 0 Å². The first-order valence-corrected chi connectivity index (χ1v) is 7.26. The highest BCUT2D eigenvalue weighted by Crippen LogP contribution is 2.25. The van der Waals surface area contributed by atoms with Crippen LogP contribution >= 0.6 is 15.9 Å². The lowest BCUT2D eigenvalue weighted by Gasteiger charge is -2.23. The van der Waals surface area contributed by atoms with Crippen LogP contribution in [0.5, 0.6) is 5.75 Å². The number of phenolic OH excluding ortho intramolecular Hbond substituents is 1.